The fraction of sp³-hybridized carbons (Fsp3) is 0.412. The lowest BCUT2D eigenvalue weighted by molar-refractivity contribution is 0.0308. The quantitative estimate of drug-likeness (QED) is 0.908. The number of halogens is 1. The summed E-state index contributed by atoms with van der Waals surface area (Å²) in [5, 5.41) is 13.9. The summed E-state index contributed by atoms with van der Waals surface area (Å²) in [5.74, 6) is 1.11. The average Bonchev–Trinajstić information content (AvgIpc) is 3.03. The number of furan rings is 1. The van der Waals surface area contributed by atoms with Crippen molar-refractivity contribution in [3.8, 4) is 0 Å². The van der Waals surface area contributed by atoms with Gasteiger partial charge in [-0.3, -0.25) is 0 Å². The Labute approximate surface area is 123 Å². The number of hydrogen-bond acceptors (Lipinski definition) is 3. The molecule has 0 bridgehead atoms. The second-order valence-electron chi connectivity index (χ2n) is 6.00. The molecule has 0 saturated carbocycles. The third-order valence-corrected chi connectivity index (χ3v) is 4.15. The topological polar surface area (TPSA) is 45.4 Å². The van der Waals surface area contributed by atoms with E-state index in [0.29, 0.717) is 12.3 Å². The lowest BCUT2D eigenvalue weighted by Gasteiger charge is -2.24. The van der Waals surface area contributed by atoms with Crippen molar-refractivity contribution in [2.24, 2.45) is 0 Å². The van der Waals surface area contributed by atoms with Crippen LogP contribution in [0.25, 0.3) is 0 Å². The van der Waals surface area contributed by atoms with Crippen molar-refractivity contribution in [2.45, 2.75) is 38.3 Å². The molecule has 1 aromatic heterocycles. The van der Waals surface area contributed by atoms with Gasteiger partial charge in [0.25, 0.3) is 0 Å². The summed E-state index contributed by atoms with van der Waals surface area (Å²) >= 11 is 0. The van der Waals surface area contributed by atoms with Gasteiger partial charge in [-0.1, -0.05) is 6.07 Å². The van der Waals surface area contributed by atoms with Gasteiger partial charge >= 0.3 is 0 Å². The molecule has 1 aromatic carbocycles. The highest BCUT2D eigenvalue weighted by molar-refractivity contribution is 5.35. The van der Waals surface area contributed by atoms with E-state index in [-0.39, 0.29) is 11.9 Å². The van der Waals surface area contributed by atoms with Crippen LogP contribution in [0.1, 0.15) is 42.0 Å². The standard InChI is InChI=1S/C17H20FNO2/c1-11-3-8-16(21-11)17(2,20)10-19-15-7-5-12-4-6-13(18)9-14(12)15/h3-4,6,8-9,15,19-20H,5,7,10H2,1-2H3. The molecule has 3 nitrogen and oxygen atoms in total. The largest absolute Gasteiger partial charge is 0.463 e. The number of aliphatic hydroxyl groups is 1. The van der Waals surface area contributed by atoms with E-state index < -0.39 is 5.60 Å². The molecule has 1 heterocycles. The van der Waals surface area contributed by atoms with Gasteiger partial charge < -0.3 is 14.8 Å². The minimum Gasteiger partial charge on any atom is -0.463 e. The molecule has 0 radical (unpaired) electrons. The number of aryl methyl sites for hydroxylation is 2. The van der Waals surface area contributed by atoms with E-state index in [9.17, 15) is 9.50 Å². The summed E-state index contributed by atoms with van der Waals surface area (Å²) in [6, 6.07) is 8.65. The molecule has 2 aromatic rings. The highest BCUT2D eigenvalue weighted by Gasteiger charge is 2.30. The van der Waals surface area contributed by atoms with E-state index in [1.54, 1.807) is 19.1 Å². The Morgan fingerprint density at radius 1 is 1.38 bits per heavy atom. The van der Waals surface area contributed by atoms with Crippen LogP contribution in [0, 0.1) is 12.7 Å². The van der Waals surface area contributed by atoms with Gasteiger partial charge in [-0.25, -0.2) is 4.39 Å². The van der Waals surface area contributed by atoms with Gasteiger partial charge in [0.2, 0.25) is 0 Å². The van der Waals surface area contributed by atoms with Crippen molar-refractivity contribution in [1.82, 2.24) is 5.32 Å². The number of benzene rings is 1. The van der Waals surface area contributed by atoms with Crippen molar-refractivity contribution in [3.05, 3.63) is 58.8 Å². The predicted molar refractivity (Wildman–Crippen MR) is 78.5 cm³/mol. The second-order valence-corrected chi connectivity index (χ2v) is 6.00. The lowest BCUT2D eigenvalue weighted by atomic mass is 10.0. The van der Waals surface area contributed by atoms with E-state index in [0.717, 1.165) is 24.2 Å². The number of fused-ring (bicyclic) bond motifs is 1. The molecule has 2 unspecified atom stereocenters. The minimum absolute atomic E-state index is 0.0817. The van der Waals surface area contributed by atoms with Crippen molar-refractivity contribution in [3.63, 3.8) is 0 Å². The van der Waals surface area contributed by atoms with E-state index in [1.165, 1.54) is 11.6 Å². The minimum atomic E-state index is -1.08. The smallest absolute Gasteiger partial charge is 0.136 e. The summed E-state index contributed by atoms with van der Waals surface area (Å²) in [4.78, 5) is 0. The Kier molecular flexibility index (Phi) is 3.59. The first-order valence-electron chi connectivity index (χ1n) is 7.27. The zero-order valence-corrected chi connectivity index (χ0v) is 12.3. The normalized spacial score (nSPS) is 20.3. The fourth-order valence-electron chi connectivity index (χ4n) is 2.92. The maximum absolute atomic E-state index is 13.4. The zero-order valence-electron chi connectivity index (χ0n) is 12.3. The Bertz CT molecular complexity index is 648. The first-order chi connectivity index (χ1) is 9.95. The number of hydrogen-bond donors (Lipinski definition) is 2. The lowest BCUT2D eigenvalue weighted by Crippen LogP contribution is -2.36. The maximum Gasteiger partial charge on any atom is 0.136 e. The average molecular weight is 289 g/mol. The van der Waals surface area contributed by atoms with Crippen LogP contribution in [-0.2, 0) is 12.0 Å². The fourth-order valence-corrected chi connectivity index (χ4v) is 2.92. The molecule has 3 rings (SSSR count). The summed E-state index contributed by atoms with van der Waals surface area (Å²) in [7, 11) is 0. The Morgan fingerprint density at radius 3 is 2.90 bits per heavy atom. The monoisotopic (exact) mass is 289 g/mol. The van der Waals surface area contributed by atoms with Crippen LogP contribution in [0.3, 0.4) is 0 Å². The van der Waals surface area contributed by atoms with Gasteiger partial charge in [-0.2, -0.15) is 0 Å². The summed E-state index contributed by atoms with van der Waals surface area (Å²) < 4.78 is 18.9. The molecular formula is C17H20FNO2. The maximum atomic E-state index is 13.4. The van der Waals surface area contributed by atoms with Crippen LogP contribution in [0.4, 0.5) is 4.39 Å². The van der Waals surface area contributed by atoms with Crippen LogP contribution in [0.2, 0.25) is 0 Å². The van der Waals surface area contributed by atoms with Crippen molar-refractivity contribution < 1.29 is 13.9 Å². The molecule has 0 spiro atoms. The molecule has 1 aliphatic carbocycles. The molecule has 112 valence electrons. The number of rotatable bonds is 4. The van der Waals surface area contributed by atoms with Gasteiger partial charge in [0.1, 0.15) is 22.9 Å². The van der Waals surface area contributed by atoms with Gasteiger partial charge in [0.15, 0.2) is 0 Å². The molecule has 4 heteroatoms. The first-order valence-corrected chi connectivity index (χ1v) is 7.27. The van der Waals surface area contributed by atoms with Gasteiger partial charge in [-0.05, 0) is 62.1 Å². The number of nitrogens with one attached hydrogen (secondary N) is 1. The van der Waals surface area contributed by atoms with Crippen molar-refractivity contribution >= 4 is 0 Å². The van der Waals surface area contributed by atoms with Crippen LogP contribution >= 0.6 is 0 Å². The third-order valence-electron chi connectivity index (χ3n) is 4.15. The van der Waals surface area contributed by atoms with Gasteiger partial charge in [0, 0.05) is 12.6 Å². The van der Waals surface area contributed by atoms with E-state index in [2.05, 4.69) is 5.32 Å². The second kappa shape index (κ2) is 5.28. The van der Waals surface area contributed by atoms with Gasteiger partial charge in [-0.15, -0.1) is 0 Å². The molecule has 0 fully saturated rings. The van der Waals surface area contributed by atoms with E-state index in [4.69, 9.17) is 4.42 Å². The molecule has 0 amide bonds. The molecule has 0 saturated heterocycles. The molecule has 21 heavy (non-hydrogen) atoms. The summed E-state index contributed by atoms with van der Waals surface area (Å²) in [6.45, 7) is 3.93. The molecular weight excluding hydrogens is 269 g/mol. The summed E-state index contributed by atoms with van der Waals surface area (Å²) in [5.41, 5.74) is 1.11. The molecule has 2 atom stereocenters. The predicted octanol–water partition coefficient (Wildman–Crippen LogP) is 3.21. The Hall–Kier alpha value is -1.65. The van der Waals surface area contributed by atoms with E-state index >= 15 is 0 Å². The van der Waals surface area contributed by atoms with Crippen LogP contribution < -0.4 is 5.32 Å². The van der Waals surface area contributed by atoms with Crippen LogP contribution in [0.5, 0.6) is 0 Å². The highest BCUT2D eigenvalue weighted by Crippen LogP contribution is 2.32. The molecule has 2 N–H and O–H groups in total. The first kappa shape index (κ1) is 14.3. The molecule has 1 aliphatic rings. The SMILES string of the molecule is Cc1ccc(C(C)(O)CNC2CCc3ccc(F)cc32)o1. The van der Waals surface area contributed by atoms with E-state index in [1.807, 2.05) is 19.1 Å². The highest BCUT2D eigenvalue weighted by atomic mass is 19.1. The Morgan fingerprint density at radius 2 is 2.19 bits per heavy atom. The zero-order chi connectivity index (χ0) is 15.0. The van der Waals surface area contributed by atoms with Crippen LogP contribution in [0.15, 0.2) is 34.7 Å². The third kappa shape index (κ3) is 2.87. The Balaban J connectivity index is 1.71. The van der Waals surface area contributed by atoms with Crippen molar-refractivity contribution in [2.75, 3.05) is 6.54 Å². The van der Waals surface area contributed by atoms with Crippen LogP contribution in [-0.4, -0.2) is 11.7 Å². The molecule has 0 aliphatic heterocycles. The summed E-state index contributed by atoms with van der Waals surface area (Å²) in [6.07, 6.45) is 1.86. The van der Waals surface area contributed by atoms with Crippen molar-refractivity contribution in [1.29, 1.82) is 0 Å². The van der Waals surface area contributed by atoms with Gasteiger partial charge in [0.05, 0.1) is 0 Å².